The number of H-pyrrole nitrogens is 1. The minimum atomic E-state index is -4.48. The van der Waals surface area contributed by atoms with Crippen molar-refractivity contribution in [2.75, 3.05) is 6.61 Å². The highest BCUT2D eigenvalue weighted by Gasteiger charge is 2.39. The first-order valence-electron chi connectivity index (χ1n) is 8.94. The zero-order valence-electron chi connectivity index (χ0n) is 16.0. The number of halogens is 3. The minimum absolute atomic E-state index is 0.116. The number of aromatic amines is 1. The first kappa shape index (κ1) is 21.4. The van der Waals surface area contributed by atoms with Gasteiger partial charge in [-0.15, -0.1) is 0 Å². The van der Waals surface area contributed by atoms with Crippen molar-refractivity contribution >= 4 is 16.0 Å². The number of esters is 1. The van der Waals surface area contributed by atoms with Gasteiger partial charge in [-0.2, -0.15) is 18.3 Å². The third-order valence-electron chi connectivity index (χ3n) is 4.81. The lowest BCUT2D eigenvalue weighted by atomic mass is 9.88. The Bertz CT molecular complexity index is 1020. The molecule has 0 saturated heterocycles. The summed E-state index contributed by atoms with van der Waals surface area (Å²) in [6.45, 7) is 4.65. The lowest BCUT2D eigenvalue weighted by Crippen LogP contribution is -2.45. The molecule has 3 rings (SSSR count). The van der Waals surface area contributed by atoms with Crippen LogP contribution in [0.1, 0.15) is 53.1 Å². The number of sulfonamides is 1. The standard InChI is InChI=1S/C17H21F3N4O4S/c1-4-28-16(25)13-7-15(21-9(13)2)29(26,27)23-11-5-12(6-11)24-8-14(10(3)22-24)17(18,19)20/h7-8,11-12,21,23H,4-6H2,1-3H3. The van der Waals surface area contributed by atoms with Crippen LogP contribution in [-0.4, -0.2) is 41.8 Å². The normalized spacial score (nSPS) is 19.8. The number of aryl methyl sites for hydroxylation is 2. The Morgan fingerprint density at radius 2 is 2.03 bits per heavy atom. The second-order valence-electron chi connectivity index (χ2n) is 6.94. The summed E-state index contributed by atoms with van der Waals surface area (Å²) < 4.78 is 72.4. The molecule has 0 radical (unpaired) electrons. The number of hydrogen-bond acceptors (Lipinski definition) is 5. The molecule has 0 aliphatic heterocycles. The average molecular weight is 434 g/mol. The minimum Gasteiger partial charge on any atom is -0.462 e. The molecule has 1 aliphatic carbocycles. The predicted octanol–water partition coefficient (Wildman–Crippen LogP) is 2.71. The first-order chi connectivity index (χ1) is 13.4. The topological polar surface area (TPSA) is 106 Å². The van der Waals surface area contributed by atoms with Crippen molar-refractivity contribution in [3.63, 3.8) is 0 Å². The van der Waals surface area contributed by atoms with Crippen LogP contribution in [0.4, 0.5) is 13.2 Å². The van der Waals surface area contributed by atoms with E-state index in [9.17, 15) is 26.4 Å². The van der Waals surface area contributed by atoms with Gasteiger partial charge in [-0.1, -0.05) is 0 Å². The summed E-state index contributed by atoms with van der Waals surface area (Å²) in [4.78, 5) is 14.5. The molecule has 2 aromatic heterocycles. The number of ether oxygens (including phenoxy) is 1. The van der Waals surface area contributed by atoms with Crippen LogP contribution in [0.25, 0.3) is 0 Å². The van der Waals surface area contributed by atoms with Gasteiger partial charge in [0.15, 0.2) is 0 Å². The number of rotatable bonds is 6. The van der Waals surface area contributed by atoms with Gasteiger partial charge in [0.2, 0.25) is 0 Å². The SMILES string of the molecule is CCOC(=O)c1cc(S(=O)(=O)NC2CC(n3cc(C(F)(F)F)c(C)n3)C2)[nH]c1C. The molecule has 0 amide bonds. The van der Waals surface area contributed by atoms with Gasteiger partial charge in [-0.3, -0.25) is 4.68 Å². The van der Waals surface area contributed by atoms with E-state index in [1.54, 1.807) is 13.8 Å². The highest BCUT2D eigenvalue weighted by molar-refractivity contribution is 7.89. The second kappa shape index (κ2) is 7.48. The van der Waals surface area contributed by atoms with Crippen molar-refractivity contribution < 1.29 is 31.1 Å². The molecule has 1 fully saturated rings. The molecule has 160 valence electrons. The van der Waals surface area contributed by atoms with Gasteiger partial charge < -0.3 is 9.72 Å². The summed E-state index contributed by atoms with van der Waals surface area (Å²) in [5.41, 5.74) is -0.419. The summed E-state index contributed by atoms with van der Waals surface area (Å²) in [6, 6.07) is 0.439. The molecule has 2 N–H and O–H groups in total. The maximum atomic E-state index is 12.9. The number of alkyl halides is 3. The number of nitrogens with zero attached hydrogens (tertiary/aromatic N) is 2. The van der Waals surface area contributed by atoms with E-state index in [0.717, 1.165) is 6.20 Å². The summed E-state index contributed by atoms with van der Waals surface area (Å²) in [6.07, 6.45) is -2.91. The third kappa shape index (κ3) is 4.32. The van der Waals surface area contributed by atoms with E-state index in [1.165, 1.54) is 17.7 Å². The van der Waals surface area contributed by atoms with Gasteiger partial charge in [-0.25, -0.2) is 17.9 Å². The van der Waals surface area contributed by atoms with Gasteiger partial charge in [0.05, 0.1) is 29.5 Å². The molecule has 2 aromatic rings. The maximum Gasteiger partial charge on any atom is 0.419 e. The van der Waals surface area contributed by atoms with Crippen molar-refractivity contribution in [1.29, 1.82) is 0 Å². The zero-order valence-corrected chi connectivity index (χ0v) is 16.8. The van der Waals surface area contributed by atoms with Crippen LogP contribution in [0.5, 0.6) is 0 Å². The Morgan fingerprint density at radius 1 is 1.38 bits per heavy atom. The van der Waals surface area contributed by atoms with E-state index in [4.69, 9.17) is 4.74 Å². The molecule has 12 heteroatoms. The Morgan fingerprint density at radius 3 is 2.59 bits per heavy atom. The summed E-state index contributed by atoms with van der Waals surface area (Å²) in [5, 5.41) is 3.73. The zero-order chi connectivity index (χ0) is 21.6. The smallest absolute Gasteiger partial charge is 0.419 e. The van der Waals surface area contributed by atoms with Crippen LogP contribution in [0, 0.1) is 13.8 Å². The monoisotopic (exact) mass is 434 g/mol. The van der Waals surface area contributed by atoms with Gasteiger partial charge in [0.1, 0.15) is 5.03 Å². The highest BCUT2D eigenvalue weighted by Crippen LogP contribution is 2.37. The van der Waals surface area contributed by atoms with E-state index in [1.807, 2.05) is 0 Å². The molecule has 1 aliphatic rings. The van der Waals surface area contributed by atoms with E-state index in [2.05, 4.69) is 14.8 Å². The number of hydrogen-bond donors (Lipinski definition) is 2. The lowest BCUT2D eigenvalue weighted by Gasteiger charge is -2.35. The molecule has 0 atom stereocenters. The van der Waals surface area contributed by atoms with Crippen LogP contribution in [0.15, 0.2) is 17.3 Å². The quantitative estimate of drug-likeness (QED) is 0.680. The molecule has 0 unspecified atom stereocenters. The molecule has 8 nitrogen and oxygen atoms in total. The van der Waals surface area contributed by atoms with Crippen molar-refractivity contribution in [2.24, 2.45) is 0 Å². The summed E-state index contributed by atoms with van der Waals surface area (Å²) in [5.74, 6) is -0.624. The van der Waals surface area contributed by atoms with Crippen molar-refractivity contribution in [3.05, 3.63) is 34.8 Å². The number of aromatic nitrogens is 3. The summed E-state index contributed by atoms with van der Waals surface area (Å²) in [7, 11) is -3.93. The Hall–Kier alpha value is -2.34. The van der Waals surface area contributed by atoms with Crippen molar-refractivity contribution in [1.82, 2.24) is 19.5 Å². The third-order valence-corrected chi connectivity index (χ3v) is 6.25. The van der Waals surface area contributed by atoms with E-state index >= 15 is 0 Å². The molecule has 0 aromatic carbocycles. The fraction of sp³-hybridized carbons (Fsp3) is 0.529. The van der Waals surface area contributed by atoms with Crippen LogP contribution < -0.4 is 4.72 Å². The number of nitrogens with one attached hydrogen (secondary N) is 2. The fourth-order valence-corrected chi connectivity index (χ4v) is 4.54. The maximum absolute atomic E-state index is 12.9. The highest BCUT2D eigenvalue weighted by atomic mass is 32.2. The molecule has 1 saturated carbocycles. The molecule has 29 heavy (non-hydrogen) atoms. The lowest BCUT2D eigenvalue weighted by molar-refractivity contribution is -0.138. The number of carbonyl (C=O) groups is 1. The molecule has 0 spiro atoms. The largest absolute Gasteiger partial charge is 0.462 e. The Labute approximate surface area is 165 Å². The van der Waals surface area contributed by atoms with Crippen LogP contribution in [-0.2, 0) is 20.9 Å². The van der Waals surface area contributed by atoms with Crippen LogP contribution >= 0.6 is 0 Å². The van der Waals surface area contributed by atoms with E-state index < -0.39 is 33.8 Å². The second-order valence-corrected chi connectivity index (χ2v) is 8.62. The van der Waals surface area contributed by atoms with Crippen LogP contribution in [0.2, 0.25) is 0 Å². The van der Waals surface area contributed by atoms with Gasteiger partial charge >= 0.3 is 12.1 Å². The van der Waals surface area contributed by atoms with Crippen molar-refractivity contribution in [3.8, 4) is 0 Å². The van der Waals surface area contributed by atoms with Crippen LogP contribution in [0.3, 0.4) is 0 Å². The molecular weight excluding hydrogens is 413 g/mol. The molecule has 0 bridgehead atoms. The van der Waals surface area contributed by atoms with Crippen molar-refractivity contribution in [2.45, 2.75) is 56.9 Å². The Kier molecular flexibility index (Phi) is 5.52. The van der Waals surface area contributed by atoms with Gasteiger partial charge in [0, 0.05) is 17.9 Å². The number of carbonyl (C=O) groups excluding carboxylic acids is 1. The molecular formula is C17H21F3N4O4S. The predicted molar refractivity (Wildman–Crippen MR) is 95.8 cm³/mol. The fourth-order valence-electron chi connectivity index (χ4n) is 3.22. The average Bonchev–Trinajstić information content (AvgIpc) is 3.14. The molecule has 2 heterocycles. The first-order valence-corrected chi connectivity index (χ1v) is 10.4. The van der Waals surface area contributed by atoms with Gasteiger partial charge in [-0.05, 0) is 39.7 Å². The summed E-state index contributed by atoms with van der Waals surface area (Å²) >= 11 is 0. The van der Waals surface area contributed by atoms with E-state index in [-0.39, 0.29) is 28.9 Å². The van der Waals surface area contributed by atoms with Gasteiger partial charge in [0.25, 0.3) is 10.0 Å². The Balaban J connectivity index is 1.65. The van der Waals surface area contributed by atoms with E-state index in [0.29, 0.717) is 18.5 Å².